The first kappa shape index (κ1) is 26.9. The molecule has 0 aliphatic carbocycles. The molecule has 0 aliphatic rings. The van der Waals surface area contributed by atoms with E-state index in [4.69, 9.17) is 4.98 Å². The average Bonchev–Trinajstić information content (AvgIpc) is 2.84. The molecule has 0 bridgehead atoms. The van der Waals surface area contributed by atoms with Gasteiger partial charge in [0.25, 0.3) is 5.56 Å². The van der Waals surface area contributed by atoms with E-state index in [0.717, 1.165) is 53.9 Å². The number of rotatable bonds is 11. The van der Waals surface area contributed by atoms with Gasteiger partial charge in [-0.25, -0.2) is 13.8 Å². The van der Waals surface area contributed by atoms with Gasteiger partial charge >= 0.3 is 0 Å². The predicted octanol–water partition coefficient (Wildman–Crippen LogP) is 5.74. The van der Waals surface area contributed by atoms with Crippen LogP contribution in [0.2, 0.25) is 0 Å². The van der Waals surface area contributed by atoms with E-state index in [9.17, 15) is 13.6 Å². The van der Waals surface area contributed by atoms with Crippen molar-refractivity contribution in [3.05, 3.63) is 88.4 Å². The zero-order valence-corrected chi connectivity index (χ0v) is 21.3. The van der Waals surface area contributed by atoms with E-state index < -0.39 is 22.9 Å². The molecule has 36 heavy (non-hydrogen) atoms. The topological polar surface area (TPSA) is 63.1 Å². The molecule has 2 aromatic heterocycles. The van der Waals surface area contributed by atoms with Crippen LogP contribution >= 0.6 is 0 Å². The lowest BCUT2D eigenvalue weighted by molar-refractivity contribution is 0.303. The van der Waals surface area contributed by atoms with Gasteiger partial charge in [0.2, 0.25) is 5.95 Å². The van der Waals surface area contributed by atoms with E-state index in [2.05, 4.69) is 35.6 Å². The number of fused-ring (bicyclic) bond motifs is 1. The molecule has 2 heterocycles. The highest BCUT2D eigenvalue weighted by Gasteiger charge is 2.19. The molecular weight excluding hydrogens is 460 g/mol. The molecule has 3 rings (SSSR count). The molecule has 8 heteroatoms. The van der Waals surface area contributed by atoms with Gasteiger partial charge in [-0.15, -0.1) is 0 Å². The number of nitrogens with one attached hydrogen (secondary N) is 1. The molecule has 0 radical (unpaired) electrons. The average molecular weight is 494 g/mol. The van der Waals surface area contributed by atoms with Crippen LogP contribution in [0.1, 0.15) is 39.8 Å². The molecular formula is C28H33F2N5O. The molecule has 1 aromatic carbocycles. The van der Waals surface area contributed by atoms with E-state index in [0.29, 0.717) is 17.6 Å². The molecule has 190 valence electrons. The van der Waals surface area contributed by atoms with Crippen LogP contribution < -0.4 is 10.9 Å². The second-order valence-corrected chi connectivity index (χ2v) is 8.46. The summed E-state index contributed by atoms with van der Waals surface area (Å²) < 4.78 is 30.6. The van der Waals surface area contributed by atoms with Crippen molar-refractivity contribution in [1.82, 2.24) is 19.4 Å². The predicted molar refractivity (Wildman–Crippen MR) is 144 cm³/mol. The van der Waals surface area contributed by atoms with E-state index in [1.165, 1.54) is 12.1 Å². The Morgan fingerprint density at radius 1 is 1.14 bits per heavy atom. The van der Waals surface area contributed by atoms with Crippen LogP contribution in [0, 0.1) is 11.6 Å². The normalized spacial score (nSPS) is 12.1. The van der Waals surface area contributed by atoms with Crippen LogP contribution in [0.5, 0.6) is 0 Å². The number of benzene rings is 1. The molecule has 0 fully saturated rings. The molecule has 0 amide bonds. The van der Waals surface area contributed by atoms with Crippen molar-refractivity contribution in [1.29, 1.82) is 0 Å². The maximum Gasteiger partial charge on any atom is 0.256 e. The summed E-state index contributed by atoms with van der Waals surface area (Å²) in [6, 6.07) is 6.34. The summed E-state index contributed by atoms with van der Waals surface area (Å²) in [6.45, 7) is 15.4. The van der Waals surface area contributed by atoms with Gasteiger partial charge in [-0.3, -0.25) is 9.36 Å². The van der Waals surface area contributed by atoms with Crippen molar-refractivity contribution in [2.45, 2.75) is 34.1 Å². The third kappa shape index (κ3) is 6.12. The van der Waals surface area contributed by atoms with Gasteiger partial charge in [0.15, 0.2) is 5.65 Å². The Bertz CT molecular complexity index is 1340. The Labute approximate surface area is 210 Å². The van der Waals surface area contributed by atoms with Gasteiger partial charge < -0.3 is 10.2 Å². The highest BCUT2D eigenvalue weighted by atomic mass is 19.1. The minimum absolute atomic E-state index is 0.111. The smallest absolute Gasteiger partial charge is 0.256 e. The molecule has 0 saturated carbocycles. The SMILES string of the molecule is C=C(C)/C=C(\C=CC)c1nc(NCCCN(CC)CC)nc2c1ccc(=O)n2-c1c(F)cccc1F. The van der Waals surface area contributed by atoms with Gasteiger partial charge in [-0.1, -0.05) is 50.3 Å². The first-order chi connectivity index (χ1) is 17.3. The molecule has 0 unspecified atom stereocenters. The fourth-order valence-corrected chi connectivity index (χ4v) is 4.02. The van der Waals surface area contributed by atoms with Crippen molar-refractivity contribution in [2.24, 2.45) is 0 Å². The molecule has 1 N–H and O–H groups in total. The Hall–Kier alpha value is -3.65. The van der Waals surface area contributed by atoms with E-state index >= 15 is 0 Å². The Kier molecular flexibility index (Phi) is 9.25. The first-order valence-corrected chi connectivity index (χ1v) is 12.1. The Balaban J connectivity index is 2.23. The maximum atomic E-state index is 14.8. The molecule has 0 aliphatic heterocycles. The summed E-state index contributed by atoms with van der Waals surface area (Å²) in [6.07, 6.45) is 6.46. The van der Waals surface area contributed by atoms with Crippen LogP contribution in [0.3, 0.4) is 0 Å². The van der Waals surface area contributed by atoms with Crippen molar-refractivity contribution in [3.63, 3.8) is 0 Å². The highest BCUT2D eigenvalue weighted by Crippen LogP contribution is 2.28. The van der Waals surface area contributed by atoms with E-state index in [1.54, 1.807) is 6.07 Å². The quantitative estimate of drug-likeness (QED) is 0.273. The number of hydrogen-bond acceptors (Lipinski definition) is 5. The zero-order valence-electron chi connectivity index (χ0n) is 21.3. The number of allylic oxidation sites excluding steroid dienone is 5. The number of hydrogen-bond donors (Lipinski definition) is 1. The Morgan fingerprint density at radius 3 is 2.44 bits per heavy atom. The highest BCUT2D eigenvalue weighted by molar-refractivity contribution is 5.92. The van der Waals surface area contributed by atoms with Gasteiger partial charge in [0, 0.05) is 23.6 Å². The third-order valence-electron chi connectivity index (χ3n) is 5.76. The summed E-state index contributed by atoms with van der Waals surface area (Å²) in [7, 11) is 0. The molecule has 0 atom stereocenters. The monoisotopic (exact) mass is 493 g/mol. The molecule has 3 aromatic rings. The summed E-state index contributed by atoms with van der Waals surface area (Å²) in [5, 5.41) is 3.72. The van der Waals surface area contributed by atoms with Crippen molar-refractivity contribution in [3.8, 4) is 5.69 Å². The molecule has 6 nitrogen and oxygen atoms in total. The second-order valence-electron chi connectivity index (χ2n) is 8.46. The molecule has 0 spiro atoms. The summed E-state index contributed by atoms with van der Waals surface area (Å²) in [5.41, 5.74) is 1.11. The number of halogens is 2. The number of pyridine rings is 1. The largest absolute Gasteiger partial charge is 0.354 e. The number of para-hydroxylation sites is 1. The number of anilines is 1. The van der Waals surface area contributed by atoms with E-state index in [1.807, 2.05) is 32.1 Å². The van der Waals surface area contributed by atoms with Gasteiger partial charge in [-0.05, 0) is 58.1 Å². The summed E-state index contributed by atoms with van der Waals surface area (Å²) in [5.74, 6) is -1.44. The minimum atomic E-state index is -0.857. The standard InChI is InChI=1S/C28H33F2N5O/c1-6-11-20(18-19(4)5)25-21-14-15-24(36)35(26-22(29)12-9-13-23(26)30)27(21)33-28(32-25)31-16-10-17-34(7-2)8-3/h6,9,11-15,18H,4,7-8,10,16-17H2,1-3,5H3,(H,31,32,33)/b11-6?,20-18+. The number of nitrogens with zero attached hydrogens (tertiary/aromatic N) is 4. The van der Waals surface area contributed by atoms with Gasteiger partial charge in [0.1, 0.15) is 17.3 Å². The van der Waals surface area contributed by atoms with Crippen molar-refractivity contribution >= 4 is 22.6 Å². The lowest BCUT2D eigenvalue weighted by Gasteiger charge is -2.18. The van der Waals surface area contributed by atoms with Crippen LogP contribution in [0.4, 0.5) is 14.7 Å². The summed E-state index contributed by atoms with van der Waals surface area (Å²) >= 11 is 0. The maximum absolute atomic E-state index is 14.8. The van der Waals surface area contributed by atoms with Crippen LogP contribution in [0.25, 0.3) is 22.3 Å². The fourth-order valence-electron chi connectivity index (χ4n) is 4.02. The van der Waals surface area contributed by atoms with Gasteiger partial charge in [-0.2, -0.15) is 4.98 Å². The zero-order chi connectivity index (χ0) is 26.2. The lowest BCUT2D eigenvalue weighted by Crippen LogP contribution is -2.25. The van der Waals surface area contributed by atoms with Crippen molar-refractivity contribution in [2.75, 3.05) is 31.5 Å². The van der Waals surface area contributed by atoms with Crippen LogP contribution in [-0.2, 0) is 0 Å². The second kappa shape index (κ2) is 12.4. The third-order valence-corrected chi connectivity index (χ3v) is 5.76. The minimum Gasteiger partial charge on any atom is -0.354 e. The number of aromatic nitrogens is 3. The fraction of sp³-hybridized carbons (Fsp3) is 0.321. The Morgan fingerprint density at radius 2 is 1.83 bits per heavy atom. The summed E-state index contributed by atoms with van der Waals surface area (Å²) in [4.78, 5) is 24.5. The molecule has 0 saturated heterocycles. The van der Waals surface area contributed by atoms with E-state index in [-0.39, 0.29) is 11.6 Å². The van der Waals surface area contributed by atoms with Crippen LogP contribution in [-0.4, -0.2) is 45.6 Å². The van der Waals surface area contributed by atoms with Gasteiger partial charge in [0.05, 0.1) is 5.69 Å². The van der Waals surface area contributed by atoms with Crippen LogP contribution in [0.15, 0.2) is 65.5 Å². The first-order valence-electron chi connectivity index (χ1n) is 12.1. The van der Waals surface area contributed by atoms with Crippen molar-refractivity contribution < 1.29 is 8.78 Å². The lowest BCUT2D eigenvalue weighted by atomic mass is 10.1.